The first-order valence-corrected chi connectivity index (χ1v) is 6.53. The number of methoxy groups -OCH3 is 1. The van der Waals surface area contributed by atoms with E-state index >= 15 is 0 Å². The number of rotatable bonds is 3. The molecule has 1 aliphatic rings. The lowest BCUT2D eigenvalue weighted by atomic mass is 10.0. The summed E-state index contributed by atoms with van der Waals surface area (Å²) in [6.45, 7) is 2.00. The van der Waals surface area contributed by atoms with Gasteiger partial charge in [0, 0.05) is 35.7 Å². The molecule has 2 aromatic heterocycles. The van der Waals surface area contributed by atoms with Crippen LogP contribution in [0.4, 0.5) is 5.82 Å². The molecule has 0 unspecified atom stereocenters. The minimum Gasteiger partial charge on any atom is -0.478 e. The van der Waals surface area contributed by atoms with E-state index in [1.54, 1.807) is 18.6 Å². The molecule has 0 fully saturated rings. The fourth-order valence-corrected chi connectivity index (χ4v) is 2.27. The first kappa shape index (κ1) is 13.2. The molecule has 3 rings (SSSR count). The van der Waals surface area contributed by atoms with Gasteiger partial charge in [-0.3, -0.25) is 9.98 Å². The van der Waals surface area contributed by atoms with Crippen LogP contribution in [-0.4, -0.2) is 27.8 Å². The normalized spacial score (nSPS) is 14.3. The summed E-state index contributed by atoms with van der Waals surface area (Å²) < 4.78 is 5.14. The van der Waals surface area contributed by atoms with Crippen molar-refractivity contribution in [3.8, 4) is 5.88 Å². The van der Waals surface area contributed by atoms with E-state index in [0.29, 0.717) is 5.88 Å². The SMILES string of the molecule is COc1nc(C2=C(c3ccncc3)N=C(C)C2)cnc1N. The fraction of sp³-hybridized carbons (Fsp3) is 0.200. The lowest BCUT2D eigenvalue weighted by Gasteiger charge is -2.08. The average molecular weight is 281 g/mol. The number of nitrogens with zero attached hydrogens (tertiary/aromatic N) is 4. The molecule has 0 saturated heterocycles. The van der Waals surface area contributed by atoms with Crippen LogP contribution in [-0.2, 0) is 0 Å². The first-order chi connectivity index (χ1) is 10.2. The highest BCUT2D eigenvalue weighted by molar-refractivity contribution is 6.08. The molecule has 0 bridgehead atoms. The second-order valence-electron chi connectivity index (χ2n) is 4.74. The zero-order chi connectivity index (χ0) is 14.8. The summed E-state index contributed by atoms with van der Waals surface area (Å²) >= 11 is 0. The summed E-state index contributed by atoms with van der Waals surface area (Å²) in [6, 6.07) is 3.86. The predicted molar refractivity (Wildman–Crippen MR) is 81.8 cm³/mol. The maximum absolute atomic E-state index is 5.72. The number of nitrogen functional groups attached to an aromatic ring is 1. The van der Waals surface area contributed by atoms with Crippen LogP contribution < -0.4 is 10.5 Å². The smallest absolute Gasteiger partial charge is 0.257 e. The van der Waals surface area contributed by atoms with Crippen molar-refractivity contribution in [2.24, 2.45) is 4.99 Å². The summed E-state index contributed by atoms with van der Waals surface area (Å²) in [6.07, 6.45) is 5.89. The van der Waals surface area contributed by atoms with Gasteiger partial charge in [0.15, 0.2) is 5.82 Å². The van der Waals surface area contributed by atoms with Crippen LogP contribution in [0.25, 0.3) is 11.3 Å². The highest BCUT2D eigenvalue weighted by atomic mass is 16.5. The molecular weight excluding hydrogens is 266 g/mol. The Labute approximate surface area is 122 Å². The molecule has 2 aromatic rings. The van der Waals surface area contributed by atoms with Gasteiger partial charge in [-0.05, 0) is 19.1 Å². The summed E-state index contributed by atoms with van der Waals surface area (Å²) in [5.74, 6) is 0.613. The summed E-state index contributed by atoms with van der Waals surface area (Å²) in [5.41, 5.74) is 10.4. The van der Waals surface area contributed by atoms with Gasteiger partial charge in [0.1, 0.15) is 0 Å². The Morgan fingerprint density at radius 2 is 2.00 bits per heavy atom. The van der Waals surface area contributed by atoms with Crippen molar-refractivity contribution in [1.82, 2.24) is 15.0 Å². The Morgan fingerprint density at radius 3 is 2.71 bits per heavy atom. The lowest BCUT2D eigenvalue weighted by molar-refractivity contribution is 0.398. The third-order valence-electron chi connectivity index (χ3n) is 3.24. The Kier molecular flexibility index (Phi) is 3.35. The third kappa shape index (κ3) is 2.47. The Hall–Kier alpha value is -2.76. The number of anilines is 1. The molecule has 1 aliphatic heterocycles. The number of aromatic nitrogens is 3. The Balaban J connectivity index is 2.12. The number of allylic oxidation sites excluding steroid dienone is 1. The average Bonchev–Trinajstić information content (AvgIpc) is 2.90. The standard InChI is InChI=1S/C15H15N5O/c1-9-7-11(12-8-18-14(16)15(20-12)21-2)13(19-9)10-3-5-17-6-4-10/h3-6,8H,7H2,1-2H3,(H2,16,18). The zero-order valence-electron chi connectivity index (χ0n) is 11.9. The van der Waals surface area contributed by atoms with Crippen LogP contribution in [0.3, 0.4) is 0 Å². The van der Waals surface area contributed by atoms with Gasteiger partial charge in [-0.2, -0.15) is 0 Å². The molecule has 0 aromatic carbocycles. The van der Waals surface area contributed by atoms with Gasteiger partial charge in [0.2, 0.25) is 0 Å². The van der Waals surface area contributed by atoms with Crippen molar-refractivity contribution in [2.75, 3.05) is 12.8 Å². The number of pyridine rings is 1. The van der Waals surface area contributed by atoms with Gasteiger partial charge >= 0.3 is 0 Å². The molecule has 106 valence electrons. The van der Waals surface area contributed by atoms with Crippen molar-refractivity contribution in [1.29, 1.82) is 0 Å². The van der Waals surface area contributed by atoms with Gasteiger partial charge in [0.05, 0.1) is 24.7 Å². The summed E-state index contributed by atoms with van der Waals surface area (Å²) in [7, 11) is 1.53. The van der Waals surface area contributed by atoms with Gasteiger partial charge in [-0.15, -0.1) is 0 Å². The fourth-order valence-electron chi connectivity index (χ4n) is 2.27. The molecule has 6 heteroatoms. The monoisotopic (exact) mass is 281 g/mol. The zero-order valence-corrected chi connectivity index (χ0v) is 11.9. The third-order valence-corrected chi connectivity index (χ3v) is 3.24. The number of nitrogens with two attached hydrogens (primary N) is 1. The molecule has 0 saturated carbocycles. The molecule has 0 amide bonds. The lowest BCUT2D eigenvalue weighted by Crippen LogP contribution is -2.02. The number of hydrogen-bond acceptors (Lipinski definition) is 6. The molecule has 0 aliphatic carbocycles. The van der Waals surface area contributed by atoms with Crippen LogP contribution in [0.5, 0.6) is 5.88 Å². The van der Waals surface area contributed by atoms with Crippen LogP contribution in [0, 0.1) is 0 Å². The molecule has 6 nitrogen and oxygen atoms in total. The van der Waals surface area contributed by atoms with E-state index in [1.165, 1.54) is 7.11 Å². The van der Waals surface area contributed by atoms with Crippen molar-refractivity contribution in [3.63, 3.8) is 0 Å². The van der Waals surface area contributed by atoms with E-state index in [2.05, 4.69) is 19.9 Å². The van der Waals surface area contributed by atoms with Crippen molar-refractivity contribution < 1.29 is 4.74 Å². The maximum atomic E-state index is 5.72. The molecule has 3 heterocycles. The first-order valence-electron chi connectivity index (χ1n) is 6.53. The molecule has 0 spiro atoms. The van der Waals surface area contributed by atoms with E-state index < -0.39 is 0 Å². The second-order valence-corrected chi connectivity index (χ2v) is 4.74. The van der Waals surface area contributed by atoms with E-state index in [1.807, 2.05) is 19.1 Å². The molecule has 2 N–H and O–H groups in total. The minimum atomic E-state index is 0.281. The Bertz CT molecular complexity index is 737. The van der Waals surface area contributed by atoms with Crippen LogP contribution in [0.2, 0.25) is 0 Å². The number of hydrogen-bond donors (Lipinski definition) is 1. The van der Waals surface area contributed by atoms with E-state index in [-0.39, 0.29) is 5.82 Å². The Morgan fingerprint density at radius 1 is 1.24 bits per heavy atom. The van der Waals surface area contributed by atoms with E-state index in [0.717, 1.165) is 34.7 Å². The summed E-state index contributed by atoms with van der Waals surface area (Å²) in [4.78, 5) is 17.2. The number of aliphatic imine (C=N–C) groups is 1. The highest BCUT2D eigenvalue weighted by Gasteiger charge is 2.20. The largest absolute Gasteiger partial charge is 0.478 e. The van der Waals surface area contributed by atoms with Crippen molar-refractivity contribution in [2.45, 2.75) is 13.3 Å². The van der Waals surface area contributed by atoms with Crippen molar-refractivity contribution >= 4 is 22.8 Å². The minimum absolute atomic E-state index is 0.281. The molecule has 21 heavy (non-hydrogen) atoms. The second kappa shape index (κ2) is 5.32. The topological polar surface area (TPSA) is 86.3 Å². The molecular formula is C15H15N5O. The molecule has 0 atom stereocenters. The van der Waals surface area contributed by atoms with Crippen LogP contribution in [0.1, 0.15) is 24.6 Å². The van der Waals surface area contributed by atoms with Gasteiger partial charge in [-0.1, -0.05) is 0 Å². The number of ether oxygens (including phenoxy) is 1. The maximum Gasteiger partial charge on any atom is 0.257 e. The quantitative estimate of drug-likeness (QED) is 0.932. The highest BCUT2D eigenvalue weighted by Crippen LogP contribution is 2.35. The molecule has 0 radical (unpaired) electrons. The van der Waals surface area contributed by atoms with E-state index in [4.69, 9.17) is 10.5 Å². The van der Waals surface area contributed by atoms with Gasteiger partial charge in [0.25, 0.3) is 5.88 Å². The predicted octanol–water partition coefficient (Wildman–Crippen LogP) is 2.20. The summed E-state index contributed by atoms with van der Waals surface area (Å²) in [5, 5.41) is 0. The van der Waals surface area contributed by atoms with Crippen molar-refractivity contribution in [3.05, 3.63) is 42.0 Å². The van der Waals surface area contributed by atoms with Gasteiger partial charge in [-0.25, -0.2) is 9.97 Å². The van der Waals surface area contributed by atoms with Crippen LogP contribution >= 0.6 is 0 Å². The van der Waals surface area contributed by atoms with E-state index in [9.17, 15) is 0 Å². The van der Waals surface area contributed by atoms with Gasteiger partial charge < -0.3 is 10.5 Å². The van der Waals surface area contributed by atoms with Crippen LogP contribution in [0.15, 0.2) is 35.7 Å².